The van der Waals surface area contributed by atoms with Crippen molar-refractivity contribution in [2.24, 2.45) is 23.5 Å². The molecule has 5 aliphatic rings. The van der Waals surface area contributed by atoms with Gasteiger partial charge >= 0.3 is 0 Å². The van der Waals surface area contributed by atoms with Crippen molar-refractivity contribution in [3.63, 3.8) is 0 Å². The fourth-order valence-electron chi connectivity index (χ4n) is 7.65. The van der Waals surface area contributed by atoms with Gasteiger partial charge in [-0.15, -0.1) is 0 Å². The van der Waals surface area contributed by atoms with Crippen LogP contribution in [0.1, 0.15) is 72.9 Å². The maximum Gasteiger partial charge on any atom is 0.252 e. The molecule has 7 nitrogen and oxygen atoms in total. The molecule has 0 aromatic heterocycles. The van der Waals surface area contributed by atoms with Crippen molar-refractivity contribution in [3.05, 3.63) is 62.6 Å². The van der Waals surface area contributed by atoms with Gasteiger partial charge in [-0.2, -0.15) is 0 Å². The number of phenols is 1. The first-order valence-corrected chi connectivity index (χ1v) is 14.1. The van der Waals surface area contributed by atoms with E-state index in [-0.39, 0.29) is 46.7 Å². The fourth-order valence-corrected chi connectivity index (χ4v) is 7.93. The van der Waals surface area contributed by atoms with Crippen LogP contribution in [0.15, 0.2) is 40.9 Å². The Morgan fingerprint density at radius 1 is 1.24 bits per heavy atom. The van der Waals surface area contributed by atoms with Crippen molar-refractivity contribution in [3.8, 4) is 5.75 Å². The highest BCUT2D eigenvalue weighted by atomic mass is 35.5. The third-order valence-corrected chi connectivity index (χ3v) is 9.87. The number of aliphatic hydroxyl groups is 1. The molecule has 0 radical (unpaired) electrons. The summed E-state index contributed by atoms with van der Waals surface area (Å²) in [6.07, 6.45) is 9.03. The Hall–Kier alpha value is -2.77. The molecule has 1 spiro atoms. The molecule has 1 aromatic carbocycles. The van der Waals surface area contributed by atoms with E-state index in [1.165, 1.54) is 38.5 Å². The molecular formula is C30H35ClN2O5. The fraction of sp³-hybridized carbons (Fsp3) is 0.533. The number of ether oxygens (including phenoxy) is 1. The second-order valence-corrected chi connectivity index (χ2v) is 12.3. The lowest BCUT2D eigenvalue weighted by atomic mass is 9.62. The summed E-state index contributed by atoms with van der Waals surface area (Å²) < 4.78 is 6.08. The molecule has 202 valence electrons. The average molecular weight is 539 g/mol. The minimum atomic E-state index is -0.977. The quantitative estimate of drug-likeness (QED) is 0.354. The molecule has 4 N–H and O–H groups in total. The van der Waals surface area contributed by atoms with Crippen LogP contribution in [0.2, 0.25) is 5.02 Å². The van der Waals surface area contributed by atoms with Gasteiger partial charge < -0.3 is 25.6 Å². The van der Waals surface area contributed by atoms with Gasteiger partial charge in [0.05, 0.1) is 11.1 Å². The minimum absolute atomic E-state index is 0.0116. The number of nitrogens with two attached hydrogens (primary N) is 1. The van der Waals surface area contributed by atoms with Gasteiger partial charge in [0.15, 0.2) is 17.1 Å². The van der Waals surface area contributed by atoms with Crippen LogP contribution in [-0.2, 0) is 22.5 Å². The number of ketones is 1. The van der Waals surface area contributed by atoms with Crippen LogP contribution in [0.5, 0.6) is 5.75 Å². The summed E-state index contributed by atoms with van der Waals surface area (Å²) in [5.74, 6) is -0.324. The van der Waals surface area contributed by atoms with Gasteiger partial charge in [0.25, 0.3) is 5.91 Å². The minimum Gasteiger partial charge on any atom is -0.511 e. The molecule has 1 saturated heterocycles. The van der Waals surface area contributed by atoms with Crippen LogP contribution in [0.4, 0.5) is 0 Å². The number of aliphatic hydroxyl groups excluding tert-OH is 1. The Labute approximate surface area is 228 Å². The number of aromatic hydroxyl groups is 1. The van der Waals surface area contributed by atoms with Crippen molar-refractivity contribution in [2.75, 3.05) is 13.6 Å². The Kier molecular flexibility index (Phi) is 6.15. The van der Waals surface area contributed by atoms with Gasteiger partial charge in [0, 0.05) is 41.6 Å². The first kappa shape index (κ1) is 25.5. The lowest BCUT2D eigenvalue weighted by molar-refractivity contribution is -0.114. The summed E-state index contributed by atoms with van der Waals surface area (Å²) in [6, 6.07) is 1.63. The van der Waals surface area contributed by atoms with Crippen LogP contribution in [0.3, 0.4) is 0 Å². The number of hydrogen-bond acceptors (Lipinski definition) is 6. The molecule has 6 rings (SSSR count). The van der Waals surface area contributed by atoms with Gasteiger partial charge in [0.2, 0.25) is 0 Å². The van der Waals surface area contributed by atoms with Crippen molar-refractivity contribution >= 4 is 23.3 Å². The molecule has 4 aliphatic carbocycles. The summed E-state index contributed by atoms with van der Waals surface area (Å²) in [5.41, 5.74) is 7.10. The number of nitrogens with zero attached hydrogens (tertiary/aromatic N) is 1. The Bertz CT molecular complexity index is 1320. The smallest absolute Gasteiger partial charge is 0.252 e. The van der Waals surface area contributed by atoms with E-state index in [2.05, 4.69) is 18.5 Å². The second-order valence-electron chi connectivity index (χ2n) is 11.9. The molecule has 1 amide bonds. The van der Waals surface area contributed by atoms with E-state index in [1.807, 2.05) is 0 Å². The van der Waals surface area contributed by atoms with Gasteiger partial charge in [-0.1, -0.05) is 43.9 Å². The number of halogens is 1. The van der Waals surface area contributed by atoms with Crippen LogP contribution >= 0.6 is 11.6 Å². The van der Waals surface area contributed by atoms with Crippen molar-refractivity contribution < 1.29 is 24.5 Å². The number of carbonyl (C=O) groups is 2. The maximum absolute atomic E-state index is 13.8. The number of allylic oxidation sites excluding steroid dienone is 2. The van der Waals surface area contributed by atoms with E-state index in [4.69, 9.17) is 22.1 Å². The van der Waals surface area contributed by atoms with Crippen LogP contribution in [0.25, 0.3) is 0 Å². The van der Waals surface area contributed by atoms with E-state index in [0.29, 0.717) is 52.8 Å². The summed E-state index contributed by atoms with van der Waals surface area (Å²) >= 11 is 6.94. The number of phenolic OH excluding ortho intramolecular Hbond substituents is 1. The number of amides is 1. The number of epoxide rings is 1. The normalized spacial score (nSPS) is 28.8. The molecule has 1 unspecified atom stereocenters. The standard InChI is InChI=1S/C30H35ClN2O5/c1-15-23(29(32)37)22(35)12-19-9-17-10-20-25(27(36)24(17)28-30(15,19)38-28)21(34)11-18(26(20)31)14-33(2)13-16-7-5-3-4-6-8-16/h11,16-17,19,34-35H,1,3-10,12-14H2,2H3,(H2,32,37)/t17?,19-,30-/m0/s1. The number of primary amides is 1. The zero-order chi connectivity index (χ0) is 26.9. The third-order valence-electron chi connectivity index (χ3n) is 9.40. The van der Waals surface area contributed by atoms with E-state index < -0.39 is 11.5 Å². The summed E-state index contributed by atoms with van der Waals surface area (Å²) in [6.45, 7) is 5.62. The first-order chi connectivity index (χ1) is 18.1. The molecule has 1 heterocycles. The Morgan fingerprint density at radius 2 is 1.95 bits per heavy atom. The van der Waals surface area contributed by atoms with E-state index in [0.717, 1.165) is 12.1 Å². The predicted octanol–water partition coefficient (Wildman–Crippen LogP) is 5.10. The topological polar surface area (TPSA) is 116 Å². The highest BCUT2D eigenvalue weighted by Crippen LogP contribution is 2.66. The SMILES string of the molecule is C=C1C(C(N)=O)=C(O)C[C@@H]2CC3Cc4c(Cl)c(CN(C)CC5CCCCCC5)cc(O)c4C(=O)C3=C3O[C@]132. The van der Waals surface area contributed by atoms with Crippen LogP contribution < -0.4 is 5.73 Å². The van der Waals surface area contributed by atoms with Gasteiger partial charge in [0.1, 0.15) is 11.5 Å². The number of carbonyl (C=O) groups excluding carboxylic acids is 2. The third kappa shape index (κ3) is 3.81. The van der Waals surface area contributed by atoms with Crippen LogP contribution in [-0.4, -0.2) is 46.0 Å². The Morgan fingerprint density at radius 3 is 2.63 bits per heavy atom. The van der Waals surface area contributed by atoms with Gasteiger partial charge in [-0.25, -0.2) is 0 Å². The van der Waals surface area contributed by atoms with Gasteiger partial charge in [-0.05, 0) is 61.8 Å². The molecule has 0 bridgehead atoms. The van der Waals surface area contributed by atoms with Crippen LogP contribution in [0, 0.1) is 17.8 Å². The van der Waals surface area contributed by atoms with Crippen molar-refractivity contribution in [1.82, 2.24) is 4.90 Å². The number of Topliss-reactive ketones (excluding diaryl/α,β-unsaturated/α-hetero) is 1. The molecule has 1 aromatic rings. The summed E-state index contributed by atoms with van der Waals surface area (Å²) in [5, 5.41) is 22.1. The first-order valence-electron chi connectivity index (χ1n) is 13.7. The van der Waals surface area contributed by atoms with Gasteiger partial charge in [-0.3, -0.25) is 9.59 Å². The summed E-state index contributed by atoms with van der Waals surface area (Å²) in [7, 11) is 2.09. The molecule has 8 heteroatoms. The second kappa shape index (κ2) is 9.16. The highest BCUT2D eigenvalue weighted by Gasteiger charge is 2.69. The number of fused-ring (bicyclic) bond motifs is 2. The van der Waals surface area contributed by atoms with Crippen molar-refractivity contribution in [1.29, 1.82) is 0 Å². The Balaban J connectivity index is 1.30. The number of rotatable bonds is 5. The zero-order valence-corrected chi connectivity index (χ0v) is 22.6. The molecule has 1 saturated carbocycles. The zero-order valence-electron chi connectivity index (χ0n) is 21.8. The van der Waals surface area contributed by atoms with E-state index >= 15 is 0 Å². The molecule has 3 atom stereocenters. The lowest BCUT2D eigenvalue weighted by Gasteiger charge is -2.37. The number of hydrogen-bond donors (Lipinski definition) is 3. The summed E-state index contributed by atoms with van der Waals surface area (Å²) in [4.78, 5) is 28.1. The highest BCUT2D eigenvalue weighted by molar-refractivity contribution is 6.33. The average Bonchev–Trinajstić information content (AvgIpc) is 3.63. The molecule has 2 fully saturated rings. The number of benzene rings is 1. The molecule has 38 heavy (non-hydrogen) atoms. The monoisotopic (exact) mass is 538 g/mol. The largest absolute Gasteiger partial charge is 0.511 e. The van der Waals surface area contributed by atoms with Crippen molar-refractivity contribution in [2.45, 2.75) is 69.9 Å². The molecule has 1 aliphatic heterocycles. The van der Waals surface area contributed by atoms with E-state index in [1.54, 1.807) is 6.07 Å². The molecular weight excluding hydrogens is 504 g/mol. The maximum atomic E-state index is 13.8. The lowest BCUT2D eigenvalue weighted by Crippen LogP contribution is -2.41. The predicted molar refractivity (Wildman–Crippen MR) is 144 cm³/mol. The van der Waals surface area contributed by atoms with E-state index in [9.17, 15) is 19.8 Å².